The van der Waals surface area contributed by atoms with Crippen molar-refractivity contribution >= 4 is 11.8 Å². The van der Waals surface area contributed by atoms with Gasteiger partial charge in [0, 0.05) is 13.1 Å². The summed E-state index contributed by atoms with van der Waals surface area (Å²) in [5.41, 5.74) is 0.786. The van der Waals surface area contributed by atoms with Crippen molar-refractivity contribution < 1.29 is 19.4 Å². The number of piperazine rings is 1. The van der Waals surface area contributed by atoms with Crippen LogP contribution in [0.5, 0.6) is 5.75 Å². The zero-order chi connectivity index (χ0) is 16.8. The number of carbonyl (C=O) groups excluding carboxylic acids is 2. The van der Waals surface area contributed by atoms with Crippen molar-refractivity contribution in [3.05, 3.63) is 29.8 Å². The minimum Gasteiger partial charge on any atom is -0.484 e. The molecule has 23 heavy (non-hydrogen) atoms. The van der Waals surface area contributed by atoms with E-state index in [1.807, 2.05) is 13.8 Å². The molecule has 0 radical (unpaired) electrons. The van der Waals surface area contributed by atoms with Crippen LogP contribution in [-0.2, 0) is 16.2 Å². The third-order valence-electron chi connectivity index (χ3n) is 3.81. The van der Waals surface area contributed by atoms with Crippen molar-refractivity contribution in [3.8, 4) is 5.75 Å². The zero-order valence-electron chi connectivity index (χ0n) is 13.6. The zero-order valence-corrected chi connectivity index (χ0v) is 13.6. The number of rotatable bonds is 6. The molecule has 0 aromatic heterocycles. The van der Waals surface area contributed by atoms with E-state index in [1.165, 1.54) is 0 Å². The van der Waals surface area contributed by atoms with Gasteiger partial charge in [0.15, 0.2) is 6.61 Å². The fourth-order valence-corrected chi connectivity index (χ4v) is 2.61. The van der Waals surface area contributed by atoms with Crippen molar-refractivity contribution in [3.63, 3.8) is 0 Å². The second kappa shape index (κ2) is 7.97. The summed E-state index contributed by atoms with van der Waals surface area (Å²) >= 11 is 0. The normalized spacial score (nSPS) is 18.0. The number of nitrogens with zero attached hydrogens (tertiary/aromatic N) is 1. The molecule has 1 aromatic rings. The number of aliphatic hydroxyl groups excluding tert-OH is 1. The number of amides is 2. The van der Waals surface area contributed by atoms with Gasteiger partial charge in [-0.2, -0.15) is 0 Å². The van der Waals surface area contributed by atoms with Crippen LogP contribution in [-0.4, -0.2) is 47.6 Å². The summed E-state index contributed by atoms with van der Waals surface area (Å²) in [6.45, 7) is 4.92. The van der Waals surface area contributed by atoms with Crippen LogP contribution < -0.4 is 10.1 Å². The van der Waals surface area contributed by atoms with Crippen molar-refractivity contribution in [1.82, 2.24) is 10.2 Å². The molecule has 0 saturated carbocycles. The van der Waals surface area contributed by atoms with E-state index in [9.17, 15) is 9.59 Å². The highest BCUT2D eigenvalue weighted by molar-refractivity contribution is 5.89. The first-order chi connectivity index (χ1) is 11.0. The summed E-state index contributed by atoms with van der Waals surface area (Å²) < 4.78 is 5.50. The lowest BCUT2D eigenvalue weighted by Gasteiger charge is -2.35. The minimum absolute atomic E-state index is 0.0288. The molecule has 1 aliphatic rings. The molecule has 1 fully saturated rings. The van der Waals surface area contributed by atoms with E-state index in [0.717, 1.165) is 5.56 Å². The number of ether oxygens (including phenoxy) is 1. The number of aliphatic hydroxyl groups is 1. The largest absolute Gasteiger partial charge is 0.484 e. The molecule has 1 atom stereocenters. The van der Waals surface area contributed by atoms with Gasteiger partial charge >= 0.3 is 0 Å². The minimum atomic E-state index is -0.420. The second-order valence-corrected chi connectivity index (χ2v) is 6.11. The van der Waals surface area contributed by atoms with E-state index < -0.39 is 6.04 Å². The van der Waals surface area contributed by atoms with E-state index in [0.29, 0.717) is 31.2 Å². The number of nitrogens with one attached hydrogen (secondary N) is 1. The van der Waals surface area contributed by atoms with Gasteiger partial charge in [0.25, 0.3) is 5.91 Å². The summed E-state index contributed by atoms with van der Waals surface area (Å²) in [4.78, 5) is 26.0. The van der Waals surface area contributed by atoms with E-state index in [2.05, 4.69) is 5.32 Å². The van der Waals surface area contributed by atoms with Gasteiger partial charge in [0.2, 0.25) is 5.91 Å². The van der Waals surface area contributed by atoms with Crippen LogP contribution >= 0.6 is 0 Å². The van der Waals surface area contributed by atoms with Crippen LogP contribution in [0.25, 0.3) is 0 Å². The quantitative estimate of drug-likeness (QED) is 0.817. The molecule has 1 unspecified atom stereocenters. The van der Waals surface area contributed by atoms with E-state index in [4.69, 9.17) is 9.84 Å². The van der Waals surface area contributed by atoms with Crippen molar-refractivity contribution in [1.29, 1.82) is 0 Å². The molecule has 0 bridgehead atoms. The molecule has 2 N–H and O–H groups in total. The lowest BCUT2D eigenvalue weighted by molar-refractivity contribution is -0.145. The molecule has 1 heterocycles. The maximum absolute atomic E-state index is 12.4. The first-order valence-corrected chi connectivity index (χ1v) is 7.91. The number of carbonyl (C=O) groups is 2. The summed E-state index contributed by atoms with van der Waals surface area (Å²) in [5, 5.41) is 11.8. The second-order valence-electron chi connectivity index (χ2n) is 6.11. The summed E-state index contributed by atoms with van der Waals surface area (Å²) in [6, 6.07) is 6.50. The fraction of sp³-hybridized carbons (Fsp3) is 0.529. The number of benzene rings is 1. The highest BCUT2D eigenvalue weighted by Crippen LogP contribution is 2.16. The molecule has 6 nitrogen and oxygen atoms in total. The van der Waals surface area contributed by atoms with Gasteiger partial charge in [-0.15, -0.1) is 0 Å². The lowest BCUT2D eigenvalue weighted by Crippen LogP contribution is -2.58. The molecule has 0 aliphatic carbocycles. The van der Waals surface area contributed by atoms with Gasteiger partial charge in [-0.05, 0) is 30.0 Å². The Kier molecular flexibility index (Phi) is 5.98. The lowest BCUT2D eigenvalue weighted by atomic mass is 10.00. The van der Waals surface area contributed by atoms with E-state index in [-0.39, 0.29) is 25.0 Å². The average molecular weight is 320 g/mol. The molecule has 2 rings (SSSR count). The predicted octanol–water partition coefficient (Wildman–Crippen LogP) is 0.931. The Morgan fingerprint density at radius 2 is 2.09 bits per heavy atom. The van der Waals surface area contributed by atoms with Gasteiger partial charge in [-0.3, -0.25) is 9.59 Å². The molecule has 0 spiro atoms. The summed E-state index contributed by atoms with van der Waals surface area (Å²) in [6.07, 6.45) is 0.642. The average Bonchev–Trinajstić information content (AvgIpc) is 2.54. The molecular formula is C17H24N2O4. The Labute approximate surface area is 136 Å². The maximum Gasteiger partial charge on any atom is 0.261 e. The fourth-order valence-electron chi connectivity index (χ4n) is 2.61. The Bertz CT molecular complexity index is 542. The molecule has 1 saturated heterocycles. The van der Waals surface area contributed by atoms with Crippen molar-refractivity contribution in [2.24, 2.45) is 5.92 Å². The first kappa shape index (κ1) is 17.3. The summed E-state index contributed by atoms with van der Waals surface area (Å²) in [5.74, 6) is 0.617. The predicted molar refractivity (Wildman–Crippen MR) is 85.8 cm³/mol. The standard InChI is InChI=1S/C17H24N2O4/c1-12(2)9-15-17(22)18-7-8-19(15)16(21)11-23-14-5-3-13(10-20)4-6-14/h3-6,12,15,20H,7-11H2,1-2H3,(H,18,22). The van der Waals surface area contributed by atoms with Crippen molar-refractivity contribution in [2.75, 3.05) is 19.7 Å². The smallest absolute Gasteiger partial charge is 0.261 e. The first-order valence-electron chi connectivity index (χ1n) is 7.91. The van der Waals surface area contributed by atoms with Crippen LogP contribution in [0.1, 0.15) is 25.8 Å². The van der Waals surface area contributed by atoms with E-state index in [1.54, 1.807) is 29.2 Å². The highest BCUT2D eigenvalue weighted by Gasteiger charge is 2.33. The number of hydrogen-bond acceptors (Lipinski definition) is 4. The molecule has 6 heteroatoms. The third-order valence-corrected chi connectivity index (χ3v) is 3.81. The van der Waals surface area contributed by atoms with Crippen LogP contribution in [0.3, 0.4) is 0 Å². The van der Waals surface area contributed by atoms with Gasteiger partial charge in [0.1, 0.15) is 11.8 Å². The number of hydrogen-bond donors (Lipinski definition) is 2. The third kappa shape index (κ3) is 4.69. The highest BCUT2D eigenvalue weighted by atomic mass is 16.5. The van der Waals surface area contributed by atoms with E-state index >= 15 is 0 Å². The van der Waals surface area contributed by atoms with Crippen LogP contribution in [0.15, 0.2) is 24.3 Å². The maximum atomic E-state index is 12.4. The Hall–Kier alpha value is -2.08. The molecule has 1 aromatic carbocycles. The summed E-state index contributed by atoms with van der Waals surface area (Å²) in [7, 11) is 0. The Balaban J connectivity index is 1.95. The molecule has 126 valence electrons. The SMILES string of the molecule is CC(C)CC1C(=O)NCCN1C(=O)COc1ccc(CO)cc1. The molecular weight excluding hydrogens is 296 g/mol. The van der Waals surface area contributed by atoms with Crippen LogP contribution in [0, 0.1) is 5.92 Å². The van der Waals surface area contributed by atoms with Gasteiger partial charge in [-0.25, -0.2) is 0 Å². The molecule has 2 amide bonds. The topological polar surface area (TPSA) is 78.9 Å². The van der Waals surface area contributed by atoms with Crippen LogP contribution in [0.2, 0.25) is 0 Å². The van der Waals surface area contributed by atoms with Crippen LogP contribution in [0.4, 0.5) is 0 Å². The van der Waals surface area contributed by atoms with Gasteiger partial charge < -0.3 is 20.1 Å². The van der Waals surface area contributed by atoms with Crippen molar-refractivity contribution in [2.45, 2.75) is 32.9 Å². The monoisotopic (exact) mass is 320 g/mol. The van der Waals surface area contributed by atoms with Gasteiger partial charge in [-0.1, -0.05) is 26.0 Å². The Morgan fingerprint density at radius 3 is 2.70 bits per heavy atom. The van der Waals surface area contributed by atoms with Gasteiger partial charge in [0.05, 0.1) is 6.61 Å². The Morgan fingerprint density at radius 1 is 1.39 bits per heavy atom. The molecule has 1 aliphatic heterocycles.